The van der Waals surface area contributed by atoms with Gasteiger partial charge in [-0.3, -0.25) is 9.59 Å². The Morgan fingerprint density at radius 1 is 1.21 bits per heavy atom. The number of carbonyl (C=O) groups excluding carboxylic acids is 1. The molecule has 0 fully saturated rings. The molecule has 0 aliphatic heterocycles. The fourth-order valence-corrected chi connectivity index (χ4v) is 4.92. The van der Waals surface area contributed by atoms with Crippen LogP contribution in [0.5, 0.6) is 0 Å². The first kappa shape index (κ1) is 19.5. The van der Waals surface area contributed by atoms with Gasteiger partial charge in [0, 0.05) is 23.3 Å². The summed E-state index contributed by atoms with van der Waals surface area (Å²) in [6, 6.07) is 7.55. The Kier molecular flexibility index (Phi) is 5.29. The normalized spacial score (nSPS) is 11.1. The van der Waals surface area contributed by atoms with Gasteiger partial charge in [-0.05, 0) is 44.4 Å². The lowest BCUT2D eigenvalue weighted by Crippen LogP contribution is -2.29. The summed E-state index contributed by atoms with van der Waals surface area (Å²) < 4.78 is 1.84. The van der Waals surface area contributed by atoms with Crippen LogP contribution in [0, 0.1) is 13.8 Å². The molecule has 1 N–H and O–H groups in total. The fourth-order valence-electron chi connectivity index (χ4n) is 3.12. The summed E-state index contributed by atoms with van der Waals surface area (Å²) >= 11 is 3.20. The van der Waals surface area contributed by atoms with Crippen LogP contribution in [0.3, 0.4) is 0 Å². The highest BCUT2D eigenvalue weighted by atomic mass is 32.1. The Balaban J connectivity index is 1.61. The Morgan fingerprint density at radius 2 is 2.03 bits per heavy atom. The highest BCUT2D eigenvalue weighted by Gasteiger charge is 2.17. The molecular formula is C21H20N4O2S2. The second kappa shape index (κ2) is 7.88. The van der Waals surface area contributed by atoms with Crippen molar-refractivity contribution in [3.8, 4) is 9.88 Å². The number of aromatic nitrogens is 3. The lowest BCUT2D eigenvalue weighted by molar-refractivity contribution is 0.0949. The Bertz CT molecular complexity index is 1260. The molecule has 0 unspecified atom stereocenters. The van der Waals surface area contributed by atoms with E-state index in [1.165, 1.54) is 0 Å². The molecule has 0 radical (unpaired) electrons. The number of thiophene rings is 1. The summed E-state index contributed by atoms with van der Waals surface area (Å²) in [7, 11) is 0. The molecule has 0 aliphatic carbocycles. The molecule has 29 heavy (non-hydrogen) atoms. The fraction of sp³-hybridized carbons (Fsp3) is 0.238. The molecule has 0 spiro atoms. The van der Waals surface area contributed by atoms with Gasteiger partial charge in [-0.1, -0.05) is 6.07 Å². The first-order valence-electron chi connectivity index (χ1n) is 9.27. The van der Waals surface area contributed by atoms with Gasteiger partial charge in [-0.15, -0.1) is 22.7 Å². The monoisotopic (exact) mass is 424 g/mol. The molecule has 0 atom stereocenters. The van der Waals surface area contributed by atoms with Crippen molar-refractivity contribution in [1.29, 1.82) is 0 Å². The van der Waals surface area contributed by atoms with Gasteiger partial charge in [0.2, 0.25) is 5.43 Å². The van der Waals surface area contributed by atoms with E-state index >= 15 is 0 Å². The topological polar surface area (TPSA) is 76.9 Å². The molecule has 0 bridgehead atoms. The van der Waals surface area contributed by atoms with Gasteiger partial charge < -0.3 is 9.88 Å². The minimum atomic E-state index is -0.384. The molecule has 4 rings (SSSR count). The number of aryl methyl sites for hydroxylation is 3. The first-order chi connectivity index (χ1) is 14.0. The minimum Gasteiger partial charge on any atom is -0.347 e. The van der Waals surface area contributed by atoms with Crippen molar-refractivity contribution in [3.05, 3.63) is 67.9 Å². The zero-order valence-corrected chi connectivity index (χ0v) is 18.0. The van der Waals surface area contributed by atoms with E-state index in [4.69, 9.17) is 0 Å². The van der Waals surface area contributed by atoms with Crippen LogP contribution in [0.2, 0.25) is 0 Å². The van der Waals surface area contributed by atoms with E-state index in [1.807, 2.05) is 42.9 Å². The largest absolute Gasteiger partial charge is 0.347 e. The number of carbonyl (C=O) groups is 1. The van der Waals surface area contributed by atoms with Crippen LogP contribution >= 0.6 is 22.7 Å². The second-order valence-corrected chi connectivity index (χ2v) is 8.70. The molecule has 4 aromatic rings. The van der Waals surface area contributed by atoms with Crippen LogP contribution in [0.15, 0.2) is 40.6 Å². The average molecular weight is 425 g/mol. The summed E-state index contributed by atoms with van der Waals surface area (Å²) in [6.45, 7) is 6.73. The maximum Gasteiger partial charge on any atom is 0.257 e. The molecule has 0 aromatic carbocycles. The quantitative estimate of drug-likeness (QED) is 0.522. The van der Waals surface area contributed by atoms with E-state index in [2.05, 4.69) is 15.3 Å². The first-order valence-corrected chi connectivity index (χ1v) is 11.0. The van der Waals surface area contributed by atoms with Crippen LogP contribution in [-0.4, -0.2) is 20.4 Å². The number of fused-ring (bicyclic) bond motifs is 1. The molecule has 4 heterocycles. The van der Waals surface area contributed by atoms with E-state index in [0.29, 0.717) is 24.1 Å². The third-order valence-corrected chi connectivity index (χ3v) is 6.88. The molecule has 148 valence electrons. The summed E-state index contributed by atoms with van der Waals surface area (Å²) in [5.41, 5.74) is 2.16. The standard InChI is InChI=1S/C21H20N4O2S2/c1-4-25-11-15(18(26)14-8-7-12(2)23-19(14)25)20(27)22-10-17-13(3)24-21(29-17)16-6-5-9-28-16/h5-9,11H,4,10H2,1-3H3,(H,22,27). The smallest absolute Gasteiger partial charge is 0.257 e. The number of thiazole rings is 1. The van der Waals surface area contributed by atoms with E-state index in [0.717, 1.165) is 26.1 Å². The third kappa shape index (κ3) is 3.73. The van der Waals surface area contributed by atoms with Crippen molar-refractivity contribution in [2.45, 2.75) is 33.9 Å². The molecule has 6 nitrogen and oxygen atoms in total. The number of amides is 1. The van der Waals surface area contributed by atoms with Gasteiger partial charge in [0.05, 0.1) is 22.5 Å². The number of hydrogen-bond acceptors (Lipinski definition) is 6. The summed E-state index contributed by atoms with van der Waals surface area (Å²) in [4.78, 5) is 36.8. The Morgan fingerprint density at radius 3 is 2.76 bits per heavy atom. The van der Waals surface area contributed by atoms with Crippen molar-refractivity contribution in [3.63, 3.8) is 0 Å². The maximum atomic E-state index is 12.9. The highest BCUT2D eigenvalue weighted by molar-refractivity contribution is 7.21. The molecule has 0 saturated heterocycles. The number of nitrogens with zero attached hydrogens (tertiary/aromatic N) is 3. The van der Waals surface area contributed by atoms with Gasteiger partial charge >= 0.3 is 0 Å². The van der Waals surface area contributed by atoms with Crippen molar-refractivity contribution in [2.75, 3.05) is 0 Å². The molecule has 4 aromatic heterocycles. The lowest BCUT2D eigenvalue weighted by Gasteiger charge is -2.11. The number of rotatable bonds is 5. The van der Waals surface area contributed by atoms with Crippen LogP contribution in [0.4, 0.5) is 0 Å². The van der Waals surface area contributed by atoms with Crippen LogP contribution in [0.1, 0.15) is 33.5 Å². The van der Waals surface area contributed by atoms with Gasteiger partial charge in [-0.2, -0.15) is 0 Å². The van der Waals surface area contributed by atoms with Crippen LogP contribution in [0.25, 0.3) is 20.9 Å². The zero-order valence-electron chi connectivity index (χ0n) is 16.4. The molecule has 1 amide bonds. The number of hydrogen-bond donors (Lipinski definition) is 1. The minimum absolute atomic E-state index is 0.130. The number of nitrogens with one attached hydrogen (secondary N) is 1. The van der Waals surface area contributed by atoms with Gasteiger partial charge in [0.25, 0.3) is 5.91 Å². The molecule has 0 saturated carbocycles. The molecular weight excluding hydrogens is 404 g/mol. The zero-order chi connectivity index (χ0) is 20.5. The third-order valence-electron chi connectivity index (χ3n) is 4.68. The van der Waals surface area contributed by atoms with E-state index < -0.39 is 0 Å². The van der Waals surface area contributed by atoms with Crippen molar-refractivity contribution >= 4 is 39.6 Å². The second-order valence-electron chi connectivity index (χ2n) is 6.67. The van der Waals surface area contributed by atoms with E-state index in [-0.39, 0.29) is 16.9 Å². The van der Waals surface area contributed by atoms with Crippen molar-refractivity contribution in [2.24, 2.45) is 0 Å². The Labute approximate surface area is 175 Å². The number of pyridine rings is 2. The lowest BCUT2D eigenvalue weighted by atomic mass is 10.1. The predicted octanol–water partition coefficient (Wildman–Crippen LogP) is 4.15. The van der Waals surface area contributed by atoms with Gasteiger partial charge in [0.1, 0.15) is 16.2 Å². The summed E-state index contributed by atoms with van der Waals surface area (Å²) in [6.07, 6.45) is 1.60. The summed E-state index contributed by atoms with van der Waals surface area (Å²) in [5.74, 6) is -0.384. The molecule has 8 heteroatoms. The van der Waals surface area contributed by atoms with E-state index in [9.17, 15) is 9.59 Å². The predicted molar refractivity (Wildman–Crippen MR) is 118 cm³/mol. The average Bonchev–Trinajstić information content (AvgIpc) is 3.36. The van der Waals surface area contributed by atoms with Crippen LogP contribution < -0.4 is 10.7 Å². The van der Waals surface area contributed by atoms with Gasteiger partial charge in [0.15, 0.2) is 0 Å². The summed E-state index contributed by atoms with van der Waals surface area (Å²) in [5, 5.41) is 6.30. The highest BCUT2D eigenvalue weighted by Crippen LogP contribution is 2.31. The maximum absolute atomic E-state index is 12.9. The van der Waals surface area contributed by atoms with Crippen molar-refractivity contribution in [1.82, 2.24) is 19.9 Å². The van der Waals surface area contributed by atoms with E-state index in [1.54, 1.807) is 41.0 Å². The molecule has 0 aliphatic rings. The van der Waals surface area contributed by atoms with Gasteiger partial charge in [-0.25, -0.2) is 9.97 Å². The Hall–Kier alpha value is -2.84. The van der Waals surface area contributed by atoms with Crippen molar-refractivity contribution < 1.29 is 4.79 Å². The van der Waals surface area contributed by atoms with Crippen LogP contribution in [-0.2, 0) is 13.1 Å². The SMILES string of the molecule is CCn1cc(C(=O)NCc2sc(-c3cccs3)nc2C)c(=O)c2ccc(C)nc21.